The first-order valence-corrected chi connectivity index (χ1v) is 7.95. The number of hydrogen-bond donors (Lipinski definition) is 1. The van der Waals surface area contributed by atoms with E-state index < -0.39 is 10.0 Å². The van der Waals surface area contributed by atoms with Gasteiger partial charge in [-0.05, 0) is 65.1 Å². The molecule has 2 aromatic rings. The Kier molecular flexibility index (Phi) is 4.14. The Morgan fingerprint density at radius 1 is 1.06 bits per heavy atom. The number of sulfonamides is 1. The van der Waals surface area contributed by atoms with E-state index in [2.05, 4.69) is 27.3 Å². The molecule has 0 aromatic heterocycles. The number of nitrogens with one attached hydrogen (secondary N) is 1. The van der Waals surface area contributed by atoms with Gasteiger partial charge in [0.1, 0.15) is 0 Å². The van der Waals surface area contributed by atoms with Gasteiger partial charge in [-0.25, -0.2) is 8.42 Å². The largest absolute Gasteiger partial charge is 0.280 e. The van der Waals surface area contributed by atoms with Crippen LogP contribution in [-0.2, 0) is 10.0 Å². The summed E-state index contributed by atoms with van der Waals surface area (Å²) in [6, 6.07) is 13.2. The third kappa shape index (κ3) is 3.37. The van der Waals surface area contributed by atoms with Crippen LogP contribution in [-0.4, -0.2) is 8.42 Å². The Bertz CT molecular complexity index is 656. The number of anilines is 1. The normalized spacial score (nSPS) is 11.2. The van der Waals surface area contributed by atoms with E-state index in [1.54, 1.807) is 48.5 Å². The predicted molar refractivity (Wildman–Crippen MR) is 81.4 cm³/mol. The van der Waals surface area contributed by atoms with E-state index in [-0.39, 0.29) is 4.90 Å². The van der Waals surface area contributed by atoms with Gasteiger partial charge in [-0.2, -0.15) is 0 Å². The highest BCUT2D eigenvalue weighted by Gasteiger charge is 2.13. The summed E-state index contributed by atoms with van der Waals surface area (Å²) in [6.45, 7) is 0. The maximum atomic E-state index is 12.1. The first-order chi connectivity index (χ1) is 8.47. The minimum Gasteiger partial charge on any atom is -0.280 e. The van der Waals surface area contributed by atoms with Crippen LogP contribution in [0, 0.1) is 3.57 Å². The summed E-state index contributed by atoms with van der Waals surface area (Å²) < 4.78 is 27.6. The van der Waals surface area contributed by atoms with E-state index in [0.29, 0.717) is 10.7 Å². The zero-order valence-corrected chi connectivity index (χ0v) is 12.8. The third-order valence-electron chi connectivity index (χ3n) is 2.20. The van der Waals surface area contributed by atoms with Crippen LogP contribution in [0.15, 0.2) is 53.4 Å². The van der Waals surface area contributed by atoms with Crippen molar-refractivity contribution in [3.05, 3.63) is 57.1 Å². The summed E-state index contributed by atoms with van der Waals surface area (Å²) >= 11 is 7.92. The van der Waals surface area contributed by atoms with Crippen molar-refractivity contribution in [3.8, 4) is 0 Å². The SMILES string of the molecule is O=S(=O)(Nc1cccc(Cl)c1)c1ccc(I)cc1. The van der Waals surface area contributed by atoms with Crippen molar-refractivity contribution >= 4 is 49.9 Å². The summed E-state index contributed by atoms with van der Waals surface area (Å²) in [5.74, 6) is 0. The predicted octanol–water partition coefficient (Wildman–Crippen LogP) is 3.75. The minimum absolute atomic E-state index is 0.225. The summed E-state index contributed by atoms with van der Waals surface area (Å²) in [4.78, 5) is 0.225. The maximum Gasteiger partial charge on any atom is 0.261 e. The molecular weight excluding hydrogens is 385 g/mol. The Balaban J connectivity index is 2.30. The maximum absolute atomic E-state index is 12.1. The van der Waals surface area contributed by atoms with E-state index in [0.717, 1.165) is 3.57 Å². The molecule has 1 N–H and O–H groups in total. The van der Waals surface area contributed by atoms with Crippen LogP contribution in [0.2, 0.25) is 5.02 Å². The average Bonchev–Trinajstić information content (AvgIpc) is 2.29. The molecule has 0 unspecified atom stereocenters. The van der Waals surface area contributed by atoms with Crippen molar-refractivity contribution < 1.29 is 8.42 Å². The van der Waals surface area contributed by atoms with Crippen molar-refractivity contribution in [3.63, 3.8) is 0 Å². The second-order valence-electron chi connectivity index (χ2n) is 3.57. The van der Waals surface area contributed by atoms with Gasteiger partial charge in [0.2, 0.25) is 0 Å². The molecule has 6 heteroatoms. The van der Waals surface area contributed by atoms with E-state index >= 15 is 0 Å². The smallest absolute Gasteiger partial charge is 0.261 e. The molecule has 0 bridgehead atoms. The molecule has 94 valence electrons. The fourth-order valence-electron chi connectivity index (χ4n) is 1.38. The fraction of sp³-hybridized carbons (Fsp3) is 0. The summed E-state index contributed by atoms with van der Waals surface area (Å²) in [6.07, 6.45) is 0. The third-order valence-corrected chi connectivity index (χ3v) is 4.55. The van der Waals surface area contributed by atoms with Gasteiger partial charge >= 0.3 is 0 Å². The Morgan fingerprint density at radius 3 is 2.33 bits per heavy atom. The number of hydrogen-bond acceptors (Lipinski definition) is 2. The van der Waals surface area contributed by atoms with Crippen LogP contribution >= 0.6 is 34.2 Å². The van der Waals surface area contributed by atoms with Crippen LogP contribution in [0.4, 0.5) is 5.69 Å². The van der Waals surface area contributed by atoms with Gasteiger partial charge in [-0.1, -0.05) is 17.7 Å². The van der Waals surface area contributed by atoms with Crippen LogP contribution in [0.25, 0.3) is 0 Å². The van der Waals surface area contributed by atoms with Crippen molar-refractivity contribution in [2.75, 3.05) is 4.72 Å². The average molecular weight is 394 g/mol. The Labute approximate surface area is 124 Å². The molecule has 3 nitrogen and oxygen atoms in total. The molecule has 2 rings (SSSR count). The van der Waals surface area contributed by atoms with E-state index in [1.807, 2.05) is 0 Å². The summed E-state index contributed by atoms with van der Waals surface area (Å²) in [7, 11) is -3.56. The first kappa shape index (κ1) is 13.6. The van der Waals surface area contributed by atoms with Gasteiger partial charge in [0.25, 0.3) is 10.0 Å². The van der Waals surface area contributed by atoms with E-state index in [9.17, 15) is 8.42 Å². The lowest BCUT2D eigenvalue weighted by atomic mass is 10.3. The van der Waals surface area contributed by atoms with Gasteiger partial charge in [-0.15, -0.1) is 0 Å². The highest BCUT2D eigenvalue weighted by molar-refractivity contribution is 14.1. The molecule has 0 radical (unpaired) electrons. The summed E-state index contributed by atoms with van der Waals surface area (Å²) in [5.41, 5.74) is 0.445. The van der Waals surface area contributed by atoms with Gasteiger partial charge in [-0.3, -0.25) is 4.72 Å². The Hall–Kier alpha value is -0.790. The number of benzene rings is 2. The highest BCUT2D eigenvalue weighted by atomic mass is 127. The monoisotopic (exact) mass is 393 g/mol. The zero-order chi connectivity index (χ0) is 13.2. The number of rotatable bonds is 3. The van der Waals surface area contributed by atoms with Gasteiger partial charge in [0.05, 0.1) is 10.6 Å². The van der Waals surface area contributed by atoms with E-state index in [4.69, 9.17) is 11.6 Å². The van der Waals surface area contributed by atoms with E-state index in [1.165, 1.54) is 0 Å². The Morgan fingerprint density at radius 2 is 1.72 bits per heavy atom. The van der Waals surface area contributed by atoms with Gasteiger partial charge < -0.3 is 0 Å². The highest BCUT2D eigenvalue weighted by Crippen LogP contribution is 2.19. The zero-order valence-electron chi connectivity index (χ0n) is 9.10. The van der Waals surface area contributed by atoms with Gasteiger partial charge in [0.15, 0.2) is 0 Å². The van der Waals surface area contributed by atoms with Crippen LogP contribution in [0.1, 0.15) is 0 Å². The first-order valence-electron chi connectivity index (χ1n) is 5.01. The molecular formula is C12H9ClINO2S. The standard InChI is InChI=1S/C12H9ClINO2S/c13-9-2-1-3-11(8-9)15-18(16,17)12-6-4-10(14)5-7-12/h1-8,15H. The van der Waals surface area contributed by atoms with Crippen LogP contribution in [0.5, 0.6) is 0 Å². The lowest BCUT2D eigenvalue weighted by molar-refractivity contribution is 0.601. The molecule has 0 heterocycles. The molecule has 0 aliphatic rings. The lowest BCUT2D eigenvalue weighted by Crippen LogP contribution is -2.12. The molecule has 0 saturated heterocycles. The molecule has 0 amide bonds. The van der Waals surface area contributed by atoms with Crippen LogP contribution in [0.3, 0.4) is 0 Å². The molecule has 0 fully saturated rings. The fourth-order valence-corrected chi connectivity index (χ4v) is 2.98. The van der Waals surface area contributed by atoms with Crippen molar-refractivity contribution in [1.29, 1.82) is 0 Å². The van der Waals surface area contributed by atoms with Crippen molar-refractivity contribution in [2.45, 2.75) is 4.90 Å². The number of halogens is 2. The molecule has 0 spiro atoms. The molecule has 18 heavy (non-hydrogen) atoms. The second kappa shape index (κ2) is 5.46. The molecule has 0 aliphatic carbocycles. The quantitative estimate of drug-likeness (QED) is 0.808. The lowest BCUT2D eigenvalue weighted by Gasteiger charge is -2.08. The minimum atomic E-state index is -3.56. The topological polar surface area (TPSA) is 46.2 Å². The van der Waals surface area contributed by atoms with Gasteiger partial charge in [0, 0.05) is 8.59 Å². The molecule has 2 aromatic carbocycles. The molecule has 0 atom stereocenters. The van der Waals surface area contributed by atoms with Crippen LogP contribution < -0.4 is 4.72 Å². The van der Waals surface area contributed by atoms with Crippen molar-refractivity contribution in [2.24, 2.45) is 0 Å². The summed E-state index contributed by atoms with van der Waals surface area (Å²) in [5, 5.41) is 0.484. The molecule has 0 saturated carbocycles. The van der Waals surface area contributed by atoms with Crippen molar-refractivity contribution in [1.82, 2.24) is 0 Å². The molecule has 0 aliphatic heterocycles. The second-order valence-corrected chi connectivity index (χ2v) is 6.93.